The molecule has 0 unspecified atom stereocenters. The molecule has 0 saturated heterocycles. The number of nitrogens with one attached hydrogen (secondary N) is 2. The number of rotatable bonds is 0. The zero-order chi connectivity index (χ0) is 6.81. The van der Waals surface area contributed by atoms with Crippen LogP contribution in [-0.4, -0.2) is 0 Å². The molecule has 1 aromatic rings. The van der Waals surface area contributed by atoms with E-state index >= 15 is 0 Å². The lowest BCUT2D eigenvalue weighted by molar-refractivity contribution is 0.496. The molecule has 1 aromatic carbocycles. The maximum Gasteiger partial charge on any atom is 0.0354 e. The fourth-order valence-corrected chi connectivity index (χ4v) is 1.22. The average molecular weight is 207 g/mol. The Kier molecular flexibility index (Phi) is 5.25. The Morgan fingerprint density at radius 3 is 1.67 bits per heavy atom. The Bertz CT molecular complexity index is 215. The monoisotopic (exact) mass is 206 g/mol. The molecule has 0 amide bonds. The van der Waals surface area contributed by atoms with Crippen molar-refractivity contribution in [2.24, 2.45) is 0 Å². The molecule has 0 aromatic heterocycles. The van der Waals surface area contributed by atoms with Crippen molar-refractivity contribution in [2.45, 2.75) is 13.1 Å². The molecule has 0 radical (unpaired) electrons. The molecule has 0 bridgehead atoms. The van der Waals surface area contributed by atoms with Crippen molar-refractivity contribution < 1.29 is 0 Å². The highest BCUT2D eigenvalue weighted by atomic mass is 35.5. The number of hydrogen-bond acceptors (Lipinski definition) is 2. The van der Waals surface area contributed by atoms with Gasteiger partial charge < -0.3 is 0 Å². The normalized spacial score (nSPS) is 13.7. The van der Waals surface area contributed by atoms with E-state index in [1.165, 1.54) is 11.1 Å². The largest absolute Gasteiger partial charge is 0.253 e. The lowest BCUT2D eigenvalue weighted by atomic mass is 10.1. The maximum atomic E-state index is 3.09. The topological polar surface area (TPSA) is 24.1 Å². The Hall–Kier alpha value is -0.280. The summed E-state index contributed by atoms with van der Waals surface area (Å²) in [4.78, 5) is 0. The Balaban J connectivity index is 0.000000605. The van der Waals surface area contributed by atoms with Gasteiger partial charge in [0.1, 0.15) is 0 Å². The van der Waals surface area contributed by atoms with Crippen molar-refractivity contribution in [1.29, 1.82) is 0 Å². The van der Waals surface area contributed by atoms with E-state index in [0.717, 1.165) is 13.1 Å². The van der Waals surface area contributed by atoms with Crippen LogP contribution in [0.15, 0.2) is 24.3 Å². The molecule has 1 heterocycles. The third-order valence-corrected chi connectivity index (χ3v) is 1.80. The van der Waals surface area contributed by atoms with E-state index in [0.29, 0.717) is 0 Å². The van der Waals surface area contributed by atoms with E-state index in [1.54, 1.807) is 0 Å². The molecule has 1 aliphatic heterocycles. The number of hydrazine groups is 1. The van der Waals surface area contributed by atoms with Gasteiger partial charge >= 0.3 is 0 Å². The van der Waals surface area contributed by atoms with Gasteiger partial charge in [0.25, 0.3) is 0 Å². The van der Waals surface area contributed by atoms with Gasteiger partial charge in [0.15, 0.2) is 0 Å². The molecule has 4 heteroatoms. The lowest BCUT2D eigenvalue weighted by Gasteiger charge is -2.17. The third-order valence-electron chi connectivity index (χ3n) is 1.80. The summed E-state index contributed by atoms with van der Waals surface area (Å²) in [6.45, 7) is 1.88. The second kappa shape index (κ2) is 5.38. The first kappa shape index (κ1) is 11.7. The zero-order valence-electron chi connectivity index (χ0n) is 6.54. The van der Waals surface area contributed by atoms with E-state index < -0.39 is 0 Å². The zero-order valence-corrected chi connectivity index (χ0v) is 8.17. The van der Waals surface area contributed by atoms with Crippen molar-refractivity contribution >= 4 is 24.8 Å². The molecule has 0 spiro atoms. The molecule has 0 saturated carbocycles. The molecule has 0 fully saturated rings. The van der Waals surface area contributed by atoms with Crippen LogP contribution in [0.25, 0.3) is 0 Å². The van der Waals surface area contributed by atoms with E-state index in [-0.39, 0.29) is 24.8 Å². The summed E-state index contributed by atoms with van der Waals surface area (Å²) in [5, 5.41) is 0. The molecule has 0 atom stereocenters. The van der Waals surface area contributed by atoms with Crippen LogP contribution in [-0.2, 0) is 13.1 Å². The molecule has 12 heavy (non-hydrogen) atoms. The first-order valence-electron chi connectivity index (χ1n) is 3.49. The molecule has 0 aliphatic carbocycles. The van der Waals surface area contributed by atoms with Crippen molar-refractivity contribution in [1.82, 2.24) is 10.9 Å². The maximum absolute atomic E-state index is 3.09. The Labute approximate surface area is 84.5 Å². The van der Waals surface area contributed by atoms with Gasteiger partial charge in [-0.1, -0.05) is 24.3 Å². The van der Waals surface area contributed by atoms with E-state index in [1.807, 2.05) is 0 Å². The first-order valence-corrected chi connectivity index (χ1v) is 3.49. The second-order valence-electron chi connectivity index (χ2n) is 2.48. The van der Waals surface area contributed by atoms with Gasteiger partial charge in [-0.05, 0) is 11.1 Å². The van der Waals surface area contributed by atoms with Crippen LogP contribution in [0.3, 0.4) is 0 Å². The van der Waals surface area contributed by atoms with Gasteiger partial charge in [-0.2, -0.15) is 0 Å². The van der Waals surface area contributed by atoms with Crippen LogP contribution in [0.1, 0.15) is 11.1 Å². The molecule has 68 valence electrons. The van der Waals surface area contributed by atoms with Gasteiger partial charge in [0.05, 0.1) is 0 Å². The van der Waals surface area contributed by atoms with E-state index in [4.69, 9.17) is 0 Å². The fourth-order valence-electron chi connectivity index (χ4n) is 1.22. The molecule has 2 rings (SSSR count). The van der Waals surface area contributed by atoms with Crippen LogP contribution >= 0.6 is 24.8 Å². The standard InChI is InChI=1S/C8H10N2.2ClH/c1-2-4-8-6-10-9-5-7(8)3-1;;/h1-4,9-10H,5-6H2;2*1H. The smallest absolute Gasteiger partial charge is 0.0354 e. The molecular weight excluding hydrogens is 195 g/mol. The average Bonchev–Trinajstić information content (AvgIpc) is 2.05. The summed E-state index contributed by atoms with van der Waals surface area (Å²) in [6.07, 6.45) is 0. The van der Waals surface area contributed by atoms with Gasteiger partial charge in [0, 0.05) is 13.1 Å². The summed E-state index contributed by atoms with van der Waals surface area (Å²) in [6, 6.07) is 8.46. The third kappa shape index (κ3) is 2.35. The van der Waals surface area contributed by atoms with Crippen LogP contribution in [0, 0.1) is 0 Å². The molecule has 2 nitrogen and oxygen atoms in total. The highest BCUT2D eigenvalue weighted by Gasteiger charge is 2.04. The van der Waals surface area contributed by atoms with Crippen LogP contribution in [0.4, 0.5) is 0 Å². The van der Waals surface area contributed by atoms with Crippen molar-refractivity contribution in [2.75, 3.05) is 0 Å². The van der Waals surface area contributed by atoms with Gasteiger partial charge in [-0.25, -0.2) is 0 Å². The minimum Gasteiger partial charge on any atom is -0.253 e. The summed E-state index contributed by atoms with van der Waals surface area (Å²) < 4.78 is 0. The first-order chi connectivity index (χ1) is 4.97. The Morgan fingerprint density at radius 2 is 1.25 bits per heavy atom. The second-order valence-corrected chi connectivity index (χ2v) is 2.48. The molecular formula is C8H12Cl2N2. The highest BCUT2D eigenvalue weighted by Crippen LogP contribution is 2.09. The van der Waals surface area contributed by atoms with E-state index in [2.05, 4.69) is 35.1 Å². The predicted octanol–water partition coefficient (Wildman–Crippen LogP) is 1.64. The fraction of sp³-hybridized carbons (Fsp3) is 0.250. The Morgan fingerprint density at radius 1 is 0.833 bits per heavy atom. The van der Waals surface area contributed by atoms with Crippen molar-refractivity contribution in [3.63, 3.8) is 0 Å². The van der Waals surface area contributed by atoms with Crippen LogP contribution in [0.5, 0.6) is 0 Å². The molecule has 2 N–H and O–H groups in total. The minimum absolute atomic E-state index is 0. The molecule has 1 aliphatic rings. The van der Waals surface area contributed by atoms with Crippen LogP contribution < -0.4 is 10.9 Å². The number of halogens is 2. The van der Waals surface area contributed by atoms with Gasteiger partial charge in [-0.3, -0.25) is 10.9 Å². The minimum atomic E-state index is 0. The number of hydrogen-bond donors (Lipinski definition) is 2. The van der Waals surface area contributed by atoms with Gasteiger partial charge in [0.2, 0.25) is 0 Å². The summed E-state index contributed by atoms with van der Waals surface area (Å²) in [5.41, 5.74) is 8.99. The van der Waals surface area contributed by atoms with Crippen molar-refractivity contribution in [3.05, 3.63) is 35.4 Å². The summed E-state index contributed by atoms with van der Waals surface area (Å²) in [5.74, 6) is 0. The van der Waals surface area contributed by atoms with Gasteiger partial charge in [-0.15, -0.1) is 24.8 Å². The number of fused-ring (bicyclic) bond motifs is 1. The summed E-state index contributed by atoms with van der Waals surface area (Å²) in [7, 11) is 0. The van der Waals surface area contributed by atoms with Crippen molar-refractivity contribution in [3.8, 4) is 0 Å². The lowest BCUT2D eigenvalue weighted by Crippen LogP contribution is -2.35. The number of benzene rings is 1. The SMILES string of the molecule is Cl.Cl.c1ccc2c(c1)CNNC2. The summed E-state index contributed by atoms with van der Waals surface area (Å²) >= 11 is 0. The van der Waals surface area contributed by atoms with E-state index in [9.17, 15) is 0 Å². The highest BCUT2D eigenvalue weighted by molar-refractivity contribution is 5.85. The predicted molar refractivity (Wildman–Crippen MR) is 54.6 cm³/mol. The van der Waals surface area contributed by atoms with Crippen LogP contribution in [0.2, 0.25) is 0 Å². The quantitative estimate of drug-likeness (QED) is 0.675.